The molecule has 2 aromatic carbocycles. The van der Waals surface area contributed by atoms with Gasteiger partial charge in [0.25, 0.3) is 0 Å². The van der Waals surface area contributed by atoms with Gasteiger partial charge in [-0.2, -0.15) is 0 Å². The molecule has 1 unspecified atom stereocenters. The second-order valence-corrected chi connectivity index (χ2v) is 6.21. The number of benzene rings is 2. The molecule has 0 fully saturated rings. The lowest BCUT2D eigenvalue weighted by Gasteiger charge is -2.10. The molecular weight excluding hydrogens is 280 g/mol. The van der Waals surface area contributed by atoms with Crippen LogP contribution in [0.4, 0.5) is 0 Å². The molecule has 1 aromatic heterocycles. The van der Waals surface area contributed by atoms with Crippen LogP contribution in [-0.2, 0) is 12.8 Å². The summed E-state index contributed by atoms with van der Waals surface area (Å²) in [5, 5.41) is 1.10. The Bertz CT molecular complexity index is 705. The van der Waals surface area contributed by atoms with Crippen molar-refractivity contribution in [2.45, 2.75) is 18.9 Å². The van der Waals surface area contributed by atoms with Crippen LogP contribution in [0.5, 0.6) is 5.75 Å². The Morgan fingerprint density at radius 2 is 2.00 bits per heavy atom. The average molecular weight is 298 g/mol. The summed E-state index contributed by atoms with van der Waals surface area (Å²) < 4.78 is 6.47. The lowest BCUT2D eigenvalue weighted by molar-refractivity contribution is 0.414. The molecule has 0 amide bonds. The fourth-order valence-electron chi connectivity index (χ4n) is 2.41. The number of methoxy groups -OCH3 is 1. The number of aromatic nitrogens is 1. The van der Waals surface area contributed by atoms with E-state index in [1.54, 1.807) is 18.4 Å². The number of fused-ring (bicyclic) bond motifs is 1. The maximum Gasteiger partial charge on any atom is 0.119 e. The molecule has 0 bridgehead atoms. The van der Waals surface area contributed by atoms with Crippen LogP contribution in [0.2, 0.25) is 0 Å². The van der Waals surface area contributed by atoms with Crippen molar-refractivity contribution in [3.63, 3.8) is 0 Å². The highest BCUT2D eigenvalue weighted by molar-refractivity contribution is 7.18. The molecule has 0 saturated heterocycles. The van der Waals surface area contributed by atoms with E-state index in [2.05, 4.69) is 17.1 Å². The number of para-hydroxylation sites is 1. The number of hydrogen-bond acceptors (Lipinski definition) is 4. The van der Waals surface area contributed by atoms with E-state index in [-0.39, 0.29) is 6.04 Å². The van der Waals surface area contributed by atoms with Gasteiger partial charge < -0.3 is 10.5 Å². The molecule has 0 aliphatic heterocycles. The Labute approximate surface area is 128 Å². The van der Waals surface area contributed by atoms with Crippen LogP contribution in [0.25, 0.3) is 10.2 Å². The summed E-state index contributed by atoms with van der Waals surface area (Å²) >= 11 is 1.73. The predicted octanol–water partition coefficient (Wildman–Crippen LogP) is 3.42. The molecule has 21 heavy (non-hydrogen) atoms. The third-order valence-electron chi connectivity index (χ3n) is 3.41. The van der Waals surface area contributed by atoms with Crippen molar-refractivity contribution >= 4 is 21.6 Å². The Morgan fingerprint density at radius 3 is 2.81 bits per heavy atom. The molecule has 2 N–H and O–H groups in total. The van der Waals surface area contributed by atoms with Gasteiger partial charge in [-0.25, -0.2) is 4.98 Å². The van der Waals surface area contributed by atoms with E-state index in [9.17, 15) is 0 Å². The first kappa shape index (κ1) is 14.0. The molecule has 108 valence electrons. The monoisotopic (exact) mass is 298 g/mol. The molecule has 1 atom stereocenters. The smallest absolute Gasteiger partial charge is 0.119 e. The van der Waals surface area contributed by atoms with Crippen molar-refractivity contribution in [2.75, 3.05) is 7.11 Å². The molecule has 0 aliphatic rings. The average Bonchev–Trinajstić information content (AvgIpc) is 2.89. The molecule has 0 saturated carbocycles. The topological polar surface area (TPSA) is 48.1 Å². The zero-order valence-corrected chi connectivity index (χ0v) is 12.8. The number of nitrogens with zero attached hydrogens (tertiary/aromatic N) is 1. The summed E-state index contributed by atoms with van der Waals surface area (Å²) in [7, 11) is 1.68. The van der Waals surface area contributed by atoms with Gasteiger partial charge in [0.05, 0.1) is 22.3 Å². The number of hydrogen-bond donors (Lipinski definition) is 1. The summed E-state index contributed by atoms with van der Waals surface area (Å²) in [5.74, 6) is 0.875. The molecule has 3 rings (SSSR count). The van der Waals surface area contributed by atoms with Crippen molar-refractivity contribution in [1.82, 2.24) is 4.98 Å². The molecule has 1 heterocycles. The SMILES string of the molecule is COc1cccc(CC(N)Cc2nc3ccccc3s2)c1. The fraction of sp³-hybridized carbons (Fsp3) is 0.235. The van der Waals surface area contributed by atoms with Crippen molar-refractivity contribution in [3.8, 4) is 5.75 Å². The molecule has 0 aliphatic carbocycles. The minimum absolute atomic E-state index is 0.0673. The largest absolute Gasteiger partial charge is 0.497 e. The first-order valence-electron chi connectivity index (χ1n) is 6.97. The fourth-order valence-corrected chi connectivity index (χ4v) is 3.47. The zero-order chi connectivity index (χ0) is 14.7. The van der Waals surface area contributed by atoms with E-state index in [0.717, 1.165) is 29.1 Å². The molecule has 3 aromatic rings. The highest BCUT2D eigenvalue weighted by Gasteiger charge is 2.10. The van der Waals surface area contributed by atoms with E-state index >= 15 is 0 Å². The number of ether oxygens (including phenoxy) is 1. The second kappa shape index (κ2) is 6.24. The number of rotatable bonds is 5. The van der Waals surface area contributed by atoms with E-state index in [0.29, 0.717) is 0 Å². The first-order valence-corrected chi connectivity index (χ1v) is 7.79. The third-order valence-corrected chi connectivity index (χ3v) is 4.47. The molecular formula is C17H18N2OS. The Balaban J connectivity index is 1.69. The highest BCUT2D eigenvalue weighted by atomic mass is 32.1. The van der Waals surface area contributed by atoms with Crippen LogP contribution in [0.15, 0.2) is 48.5 Å². The van der Waals surface area contributed by atoms with E-state index in [1.807, 2.05) is 36.4 Å². The third kappa shape index (κ3) is 3.40. The Kier molecular flexibility index (Phi) is 4.18. The lowest BCUT2D eigenvalue weighted by Crippen LogP contribution is -2.25. The second-order valence-electron chi connectivity index (χ2n) is 5.10. The Hall–Kier alpha value is -1.91. The first-order chi connectivity index (χ1) is 10.2. The molecule has 4 heteroatoms. The Morgan fingerprint density at radius 1 is 1.14 bits per heavy atom. The van der Waals surface area contributed by atoms with Crippen molar-refractivity contribution in [2.24, 2.45) is 5.73 Å². The predicted molar refractivity (Wildman–Crippen MR) is 88.0 cm³/mol. The molecule has 0 radical (unpaired) electrons. The normalized spacial score (nSPS) is 12.5. The van der Waals surface area contributed by atoms with Crippen molar-refractivity contribution in [3.05, 3.63) is 59.1 Å². The number of nitrogens with two attached hydrogens (primary N) is 1. The van der Waals surface area contributed by atoms with Gasteiger partial charge in [-0.05, 0) is 36.2 Å². The summed E-state index contributed by atoms with van der Waals surface area (Å²) in [6.45, 7) is 0. The van der Waals surface area contributed by atoms with Crippen molar-refractivity contribution in [1.29, 1.82) is 0 Å². The van der Waals surface area contributed by atoms with E-state index in [1.165, 1.54) is 10.3 Å². The van der Waals surface area contributed by atoms with Gasteiger partial charge >= 0.3 is 0 Å². The van der Waals surface area contributed by atoms with Crippen LogP contribution in [0, 0.1) is 0 Å². The zero-order valence-electron chi connectivity index (χ0n) is 12.0. The van der Waals surface area contributed by atoms with Crippen LogP contribution in [0.1, 0.15) is 10.6 Å². The summed E-state index contributed by atoms with van der Waals surface area (Å²) in [6, 6.07) is 16.3. The van der Waals surface area contributed by atoms with Gasteiger partial charge in [0.1, 0.15) is 5.75 Å². The number of thiazole rings is 1. The maximum absolute atomic E-state index is 6.28. The summed E-state index contributed by atoms with van der Waals surface area (Å²) in [6.07, 6.45) is 1.63. The molecule has 0 spiro atoms. The standard InChI is InChI=1S/C17H18N2OS/c1-20-14-6-4-5-12(10-14)9-13(18)11-17-19-15-7-2-3-8-16(15)21-17/h2-8,10,13H,9,11,18H2,1H3. The van der Waals surface area contributed by atoms with E-state index in [4.69, 9.17) is 10.5 Å². The van der Waals surface area contributed by atoms with Gasteiger partial charge in [-0.1, -0.05) is 24.3 Å². The summed E-state index contributed by atoms with van der Waals surface area (Å²) in [5.41, 5.74) is 8.54. The van der Waals surface area contributed by atoms with Gasteiger partial charge in [0.2, 0.25) is 0 Å². The minimum Gasteiger partial charge on any atom is -0.497 e. The van der Waals surface area contributed by atoms with Gasteiger partial charge in [-0.15, -0.1) is 11.3 Å². The van der Waals surface area contributed by atoms with Crippen molar-refractivity contribution < 1.29 is 4.74 Å². The van der Waals surface area contributed by atoms with E-state index < -0.39 is 0 Å². The quantitative estimate of drug-likeness (QED) is 0.785. The highest BCUT2D eigenvalue weighted by Crippen LogP contribution is 2.23. The van der Waals surface area contributed by atoms with Crippen LogP contribution in [-0.4, -0.2) is 18.1 Å². The van der Waals surface area contributed by atoms with Gasteiger partial charge in [0, 0.05) is 12.5 Å². The van der Waals surface area contributed by atoms with Gasteiger partial charge in [0.15, 0.2) is 0 Å². The minimum atomic E-state index is 0.0673. The summed E-state index contributed by atoms with van der Waals surface area (Å²) in [4.78, 5) is 4.64. The van der Waals surface area contributed by atoms with Crippen LogP contribution >= 0.6 is 11.3 Å². The van der Waals surface area contributed by atoms with Gasteiger partial charge in [-0.3, -0.25) is 0 Å². The van der Waals surface area contributed by atoms with Crippen LogP contribution in [0.3, 0.4) is 0 Å². The lowest BCUT2D eigenvalue weighted by atomic mass is 10.0. The maximum atomic E-state index is 6.28. The van der Waals surface area contributed by atoms with Crippen LogP contribution < -0.4 is 10.5 Å². The molecule has 3 nitrogen and oxygen atoms in total.